The van der Waals surface area contributed by atoms with Crippen LogP contribution in [-0.4, -0.2) is 96.7 Å². The van der Waals surface area contributed by atoms with Gasteiger partial charge in [-0.05, 0) is 37.5 Å². The largest absolute Gasteiger partial charge is 0.472 e. The Balaban J connectivity index is 5.19. The van der Waals surface area contributed by atoms with Gasteiger partial charge in [-0.3, -0.25) is 37.3 Å². The Morgan fingerprint density at radius 3 is 0.752 bits per heavy atom. The number of hydrogen-bond acceptors (Lipinski definition) is 15. The zero-order chi connectivity index (χ0) is 74.2. The molecule has 0 amide bonds. The number of hydrogen-bond donors (Lipinski definition) is 3. The predicted octanol–water partition coefficient (Wildman–Crippen LogP) is 24.7. The summed E-state index contributed by atoms with van der Waals surface area (Å²) in [4.78, 5) is 73.0. The first kappa shape index (κ1) is 99.1. The molecule has 6 atom stereocenters. The highest BCUT2D eigenvalue weighted by molar-refractivity contribution is 7.47. The van der Waals surface area contributed by atoms with E-state index in [1.165, 1.54) is 244 Å². The van der Waals surface area contributed by atoms with Crippen LogP contribution in [0.25, 0.3) is 0 Å². The smallest absolute Gasteiger partial charge is 0.462 e. The van der Waals surface area contributed by atoms with Crippen LogP contribution in [-0.2, 0) is 65.4 Å². The maximum atomic E-state index is 13.1. The number of phosphoric ester groups is 2. The second-order valence-electron chi connectivity index (χ2n) is 30.2. The molecule has 0 rings (SSSR count). The third-order valence-corrected chi connectivity index (χ3v) is 21.5. The van der Waals surface area contributed by atoms with E-state index in [0.717, 1.165) is 108 Å². The first-order chi connectivity index (χ1) is 48.9. The molecule has 101 heavy (non-hydrogen) atoms. The van der Waals surface area contributed by atoms with Crippen molar-refractivity contribution < 1.29 is 80.2 Å². The molecule has 0 spiro atoms. The van der Waals surface area contributed by atoms with E-state index in [9.17, 15) is 43.2 Å². The van der Waals surface area contributed by atoms with Crippen LogP contribution in [0, 0.1) is 11.8 Å². The van der Waals surface area contributed by atoms with Crippen LogP contribution in [0.1, 0.15) is 433 Å². The van der Waals surface area contributed by atoms with Crippen LogP contribution < -0.4 is 0 Å². The Labute approximate surface area is 619 Å². The summed E-state index contributed by atoms with van der Waals surface area (Å²) in [7, 11) is -9.92. The van der Waals surface area contributed by atoms with Gasteiger partial charge in [-0.2, -0.15) is 0 Å². The van der Waals surface area contributed by atoms with Crippen molar-refractivity contribution in [2.45, 2.75) is 452 Å². The summed E-state index contributed by atoms with van der Waals surface area (Å²) in [5, 5.41) is 10.6. The molecule has 0 aromatic carbocycles. The van der Waals surface area contributed by atoms with Gasteiger partial charge in [0.25, 0.3) is 0 Å². The van der Waals surface area contributed by atoms with Gasteiger partial charge in [0.05, 0.1) is 26.4 Å². The number of aliphatic hydroxyl groups is 1. The molecule has 0 bridgehead atoms. The normalized spacial score (nSPS) is 14.2. The van der Waals surface area contributed by atoms with Crippen LogP contribution >= 0.6 is 15.6 Å². The van der Waals surface area contributed by atoms with Gasteiger partial charge in [0.15, 0.2) is 12.2 Å². The summed E-state index contributed by atoms with van der Waals surface area (Å²) in [5.41, 5.74) is 0. The molecule has 17 nitrogen and oxygen atoms in total. The van der Waals surface area contributed by atoms with Crippen molar-refractivity contribution in [3.8, 4) is 0 Å². The van der Waals surface area contributed by atoms with Crippen molar-refractivity contribution in [3.05, 3.63) is 0 Å². The monoisotopic (exact) mass is 1480 g/mol. The highest BCUT2D eigenvalue weighted by atomic mass is 31.2. The molecule has 19 heteroatoms. The van der Waals surface area contributed by atoms with E-state index in [1.807, 2.05) is 0 Å². The Kier molecular flexibility index (Phi) is 72.2. The van der Waals surface area contributed by atoms with E-state index in [0.29, 0.717) is 25.7 Å². The molecule has 0 aromatic rings. The summed E-state index contributed by atoms with van der Waals surface area (Å²) < 4.78 is 68.7. The van der Waals surface area contributed by atoms with Gasteiger partial charge in [0.2, 0.25) is 0 Å². The fraction of sp³-hybridized carbons (Fsp3) is 0.951. The second kappa shape index (κ2) is 73.6. The van der Waals surface area contributed by atoms with Gasteiger partial charge in [-0.15, -0.1) is 0 Å². The van der Waals surface area contributed by atoms with Crippen molar-refractivity contribution in [1.29, 1.82) is 0 Å². The van der Waals surface area contributed by atoms with E-state index in [4.69, 9.17) is 37.0 Å². The number of phosphoric acid groups is 2. The summed E-state index contributed by atoms with van der Waals surface area (Å²) in [6.07, 6.45) is 63.9. The lowest BCUT2D eigenvalue weighted by atomic mass is 9.99. The minimum absolute atomic E-state index is 0.106. The maximum Gasteiger partial charge on any atom is 0.472 e. The Hall–Kier alpha value is -1.94. The van der Waals surface area contributed by atoms with Gasteiger partial charge < -0.3 is 33.8 Å². The van der Waals surface area contributed by atoms with Gasteiger partial charge in [-0.1, -0.05) is 382 Å². The second-order valence-corrected chi connectivity index (χ2v) is 33.1. The van der Waals surface area contributed by atoms with E-state index < -0.39 is 97.5 Å². The average molecular weight is 1480 g/mol. The fourth-order valence-corrected chi connectivity index (χ4v) is 14.3. The third kappa shape index (κ3) is 74.7. The summed E-state index contributed by atoms with van der Waals surface area (Å²) in [6, 6.07) is 0. The molecule has 0 saturated carbocycles. The molecular formula is C82H160O17P2. The minimum atomic E-state index is -4.96. The molecule has 0 aliphatic rings. The minimum Gasteiger partial charge on any atom is -0.462 e. The van der Waals surface area contributed by atoms with E-state index in [1.54, 1.807) is 0 Å². The highest BCUT2D eigenvalue weighted by Crippen LogP contribution is 2.45. The first-order valence-electron chi connectivity index (χ1n) is 42.5. The van der Waals surface area contributed by atoms with Crippen LogP contribution in [0.15, 0.2) is 0 Å². The van der Waals surface area contributed by atoms with Gasteiger partial charge >= 0.3 is 39.5 Å². The van der Waals surface area contributed by atoms with Crippen LogP contribution in [0.4, 0.5) is 0 Å². The molecule has 0 aliphatic heterocycles. The lowest BCUT2D eigenvalue weighted by Crippen LogP contribution is -2.30. The number of ether oxygens (including phenoxy) is 4. The van der Waals surface area contributed by atoms with Gasteiger partial charge in [0.1, 0.15) is 19.3 Å². The lowest BCUT2D eigenvalue weighted by molar-refractivity contribution is -0.161. The summed E-state index contributed by atoms with van der Waals surface area (Å²) >= 11 is 0. The number of unbranched alkanes of at least 4 members (excludes halogenated alkanes) is 50. The Morgan fingerprint density at radius 2 is 0.505 bits per heavy atom. The van der Waals surface area contributed by atoms with E-state index >= 15 is 0 Å². The van der Waals surface area contributed by atoms with E-state index in [2.05, 4.69) is 41.5 Å². The number of carbonyl (C=O) groups is 4. The Bertz CT molecular complexity index is 1940. The zero-order valence-electron chi connectivity index (χ0n) is 66.2. The van der Waals surface area contributed by atoms with Crippen molar-refractivity contribution in [2.75, 3.05) is 39.6 Å². The van der Waals surface area contributed by atoms with E-state index in [-0.39, 0.29) is 25.7 Å². The quantitative estimate of drug-likeness (QED) is 0.0222. The third-order valence-electron chi connectivity index (χ3n) is 19.6. The predicted molar refractivity (Wildman–Crippen MR) is 414 cm³/mol. The maximum absolute atomic E-state index is 13.1. The van der Waals surface area contributed by atoms with Crippen LogP contribution in [0.3, 0.4) is 0 Å². The van der Waals surface area contributed by atoms with Crippen molar-refractivity contribution in [3.63, 3.8) is 0 Å². The standard InChI is InChI=1S/C82H160O17P2/c1-7-10-12-14-16-18-19-20-21-22-23-24-25-26-29-33-36-42-48-54-60-66-81(86)99-78(71-93-80(85)65-59-53-47-41-35-32-30-27-28-31-34-39-44-50-56-62-74(4)5)73-97-101(90,91)95-69-76(83)68-94-100(88,89)96-72-77(70-92-79(84)64-58-52-46-17-15-13-11-8-2)98-82(87)67-61-55-49-43-38-37-40-45-51-57-63-75(6)9-3/h74-78,83H,7-73H2,1-6H3,(H,88,89)(H,90,91)/t75?,76-,77+,78+/m0/s1. The molecule has 3 N–H and O–H groups in total. The lowest BCUT2D eigenvalue weighted by Gasteiger charge is -2.21. The number of rotatable bonds is 81. The fourth-order valence-electron chi connectivity index (χ4n) is 12.7. The molecule has 0 aliphatic carbocycles. The number of esters is 4. The molecule has 0 saturated heterocycles. The molecule has 0 aromatic heterocycles. The van der Waals surface area contributed by atoms with Crippen molar-refractivity contribution in [1.82, 2.24) is 0 Å². The van der Waals surface area contributed by atoms with Crippen LogP contribution in [0.5, 0.6) is 0 Å². The molecule has 3 unspecified atom stereocenters. The summed E-state index contributed by atoms with van der Waals surface area (Å²) in [6.45, 7) is 9.66. The molecular weight excluding hydrogens is 1320 g/mol. The molecule has 0 fully saturated rings. The SMILES string of the molecule is CCCCCCCCCCCCCCCCCCCCCCCC(=O)O[C@H](COC(=O)CCCCCCCCCCCCCCCCCC(C)C)COP(=O)(O)OC[C@@H](O)COP(=O)(O)OC[C@@H](COC(=O)CCCCCCCCCC)OC(=O)CCCCCCCCCCCCC(C)CC. The summed E-state index contributed by atoms with van der Waals surface area (Å²) in [5.74, 6) is -0.501. The Morgan fingerprint density at radius 1 is 0.287 bits per heavy atom. The highest BCUT2D eigenvalue weighted by Gasteiger charge is 2.30. The van der Waals surface area contributed by atoms with Gasteiger partial charge in [-0.25, -0.2) is 9.13 Å². The topological polar surface area (TPSA) is 237 Å². The van der Waals surface area contributed by atoms with Crippen LogP contribution in [0.2, 0.25) is 0 Å². The first-order valence-corrected chi connectivity index (χ1v) is 45.5. The average Bonchev–Trinajstić information content (AvgIpc) is 1.15. The molecule has 0 heterocycles. The van der Waals surface area contributed by atoms with Gasteiger partial charge in [0, 0.05) is 25.7 Å². The molecule has 600 valence electrons. The number of aliphatic hydroxyl groups excluding tert-OH is 1. The number of carbonyl (C=O) groups excluding carboxylic acids is 4. The molecule has 0 radical (unpaired) electrons. The van der Waals surface area contributed by atoms with Crippen molar-refractivity contribution >= 4 is 39.5 Å². The van der Waals surface area contributed by atoms with Crippen molar-refractivity contribution in [2.24, 2.45) is 11.8 Å². The zero-order valence-corrected chi connectivity index (χ0v) is 68.0.